The van der Waals surface area contributed by atoms with E-state index in [-0.39, 0.29) is 5.91 Å². The molecule has 3 aliphatic rings. The fourth-order valence-corrected chi connectivity index (χ4v) is 3.17. The van der Waals surface area contributed by atoms with Crippen LogP contribution in [0.5, 0.6) is 0 Å². The van der Waals surface area contributed by atoms with Gasteiger partial charge >= 0.3 is 6.03 Å². The molecule has 3 rings (SSSR count). The maximum absolute atomic E-state index is 12.7. The fourth-order valence-electron chi connectivity index (χ4n) is 3.17. The van der Waals surface area contributed by atoms with Crippen molar-refractivity contribution in [2.75, 3.05) is 13.2 Å². The van der Waals surface area contributed by atoms with Crippen LogP contribution in [0, 0.1) is 5.41 Å². The minimum atomic E-state index is -0.977. The van der Waals surface area contributed by atoms with Crippen molar-refractivity contribution in [1.82, 2.24) is 10.2 Å². The Morgan fingerprint density at radius 2 is 1.74 bits per heavy atom. The maximum atomic E-state index is 12.7. The van der Waals surface area contributed by atoms with Crippen molar-refractivity contribution in [2.45, 2.75) is 44.6 Å². The molecule has 1 saturated carbocycles. The van der Waals surface area contributed by atoms with Gasteiger partial charge in [0.25, 0.3) is 0 Å². The highest BCUT2D eigenvalue weighted by Gasteiger charge is 2.60. The van der Waals surface area contributed by atoms with Crippen LogP contribution >= 0.6 is 0 Å². The summed E-state index contributed by atoms with van der Waals surface area (Å²) >= 11 is 0. The highest BCUT2D eigenvalue weighted by molar-refractivity contribution is 6.20. The predicted molar refractivity (Wildman–Crippen MR) is 65.1 cm³/mol. The summed E-state index contributed by atoms with van der Waals surface area (Å²) in [6.45, 7) is 2.97. The molecule has 2 heterocycles. The zero-order valence-corrected chi connectivity index (χ0v) is 11.0. The number of hydrogen-bond acceptors (Lipinski definition) is 4. The summed E-state index contributed by atoms with van der Waals surface area (Å²) < 4.78 is 5.30. The zero-order chi connectivity index (χ0) is 13.7. The van der Waals surface area contributed by atoms with E-state index in [1.54, 1.807) is 0 Å². The lowest BCUT2D eigenvalue weighted by Gasteiger charge is -2.51. The maximum Gasteiger partial charge on any atom is 0.331 e. The molecular weight excluding hydrogens is 248 g/mol. The number of barbiturate groups is 1. The van der Waals surface area contributed by atoms with Crippen LogP contribution < -0.4 is 5.32 Å². The van der Waals surface area contributed by atoms with Gasteiger partial charge < -0.3 is 4.74 Å². The second kappa shape index (κ2) is 4.03. The first kappa shape index (κ1) is 12.6. The number of nitrogens with zero attached hydrogens (tertiary/aromatic N) is 1. The van der Waals surface area contributed by atoms with Gasteiger partial charge in [0.2, 0.25) is 11.8 Å². The SMILES string of the molecule is CC1(N2C(=O)NC(=O)C3(CCC3)C2=O)CCOCC1. The monoisotopic (exact) mass is 266 g/mol. The molecule has 2 aliphatic heterocycles. The lowest BCUT2D eigenvalue weighted by molar-refractivity contribution is -0.163. The van der Waals surface area contributed by atoms with Crippen LogP contribution in [0.1, 0.15) is 39.0 Å². The van der Waals surface area contributed by atoms with E-state index >= 15 is 0 Å². The zero-order valence-electron chi connectivity index (χ0n) is 11.0. The van der Waals surface area contributed by atoms with E-state index < -0.39 is 22.9 Å². The molecule has 6 heteroatoms. The fraction of sp³-hybridized carbons (Fsp3) is 0.769. The summed E-state index contributed by atoms with van der Waals surface area (Å²) in [5.41, 5.74) is -1.52. The number of hydrogen-bond donors (Lipinski definition) is 1. The first-order valence-electron chi connectivity index (χ1n) is 6.77. The Balaban J connectivity index is 1.93. The van der Waals surface area contributed by atoms with Gasteiger partial charge in [0.1, 0.15) is 5.41 Å². The van der Waals surface area contributed by atoms with Crippen molar-refractivity contribution in [3.05, 3.63) is 0 Å². The van der Waals surface area contributed by atoms with Crippen molar-refractivity contribution in [3.8, 4) is 0 Å². The normalized spacial score (nSPS) is 29.1. The van der Waals surface area contributed by atoms with Crippen molar-refractivity contribution in [3.63, 3.8) is 0 Å². The topological polar surface area (TPSA) is 75.7 Å². The minimum absolute atomic E-state index is 0.308. The standard InChI is InChI=1S/C13H18N2O4/c1-12(5-7-19-8-6-12)15-10(17)13(3-2-4-13)9(16)14-11(15)18/h2-8H2,1H3,(H,14,16,18). The molecule has 0 unspecified atom stereocenters. The lowest BCUT2D eigenvalue weighted by Crippen LogP contribution is -2.71. The molecule has 104 valence electrons. The summed E-state index contributed by atoms with van der Waals surface area (Å²) in [6.07, 6.45) is 3.20. The lowest BCUT2D eigenvalue weighted by atomic mass is 9.65. The molecule has 1 aliphatic carbocycles. The van der Waals surface area contributed by atoms with E-state index in [4.69, 9.17) is 4.74 Å². The first-order chi connectivity index (χ1) is 9.00. The summed E-state index contributed by atoms with van der Waals surface area (Å²) in [5, 5.41) is 2.36. The van der Waals surface area contributed by atoms with Gasteiger partial charge in [-0.2, -0.15) is 0 Å². The summed E-state index contributed by atoms with van der Waals surface area (Å²) in [5.74, 6) is -0.724. The molecule has 0 radical (unpaired) electrons. The average Bonchev–Trinajstić information content (AvgIpc) is 2.26. The number of nitrogens with one attached hydrogen (secondary N) is 1. The molecule has 1 spiro atoms. The Labute approximate surface area is 111 Å². The smallest absolute Gasteiger partial charge is 0.331 e. The second-order valence-corrected chi connectivity index (χ2v) is 5.94. The van der Waals surface area contributed by atoms with Crippen LogP contribution in [0.25, 0.3) is 0 Å². The van der Waals surface area contributed by atoms with Crippen molar-refractivity contribution >= 4 is 17.8 Å². The molecule has 2 saturated heterocycles. The van der Waals surface area contributed by atoms with Gasteiger partial charge in [-0.1, -0.05) is 6.42 Å². The highest BCUT2D eigenvalue weighted by Crippen LogP contribution is 2.46. The van der Waals surface area contributed by atoms with Gasteiger partial charge in [0, 0.05) is 13.2 Å². The Morgan fingerprint density at radius 3 is 2.26 bits per heavy atom. The summed E-state index contributed by atoms with van der Waals surface area (Å²) in [7, 11) is 0. The molecule has 0 atom stereocenters. The Hall–Kier alpha value is -1.43. The summed E-state index contributed by atoms with van der Waals surface area (Å²) in [6, 6.07) is -0.572. The van der Waals surface area contributed by atoms with Gasteiger partial charge in [0.15, 0.2) is 0 Å². The predicted octanol–water partition coefficient (Wildman–Crippen LogP) is 0.804. The molecule has 4 amide bonds. The van der Waals surface area contributed by atoms with Gasteiger partial charge in [0.05, 0.1) is 5.54 Å². The van der Waals surface area contributed by atoms with Crippen LogP contribution in [0.4, 0.5) is 4.79 Å². The van der Waals surface area contributed by atoms with E-state index in [2.05, 4.69) is 5.32 Å². The second-order valence-electron chi connectivity index (χ2n) is 5.94. The number of urea groups is 1. The number of carbonyl (C=O) groups excluding carboxylic acids is 3. The van der Waals surface area contributed by atoms with E-state index in [0.717, 1.165) is 6.42 Å². The van der Waals surface area contributed by atoms with Gasteiger partial charge in [-0.3, -0.25) is 19.8 Å². The Bertz CT molecular complexity index is 450. The van der Waals surface area contributed by atoms with E-state index in [9.17, 15) is 14.4 Å². The third-order valence-electron chi connectivity index (χ3n) is 4.79. The number of rotatable bonds is 1. The van der Waals surface area contributed by atoms with Gasteiger partial charge in [-0.25, -0.2) is 4.79 Å². The molecule has 19 heavy (non-hydrogen) atoms. The van der Waals surface area contributed by atoms with Crippen molar-refractivity contribution in [1.29, 1.82) is 0 Å². The van der Waals surface area contributed by atoms with Crippen LogP contribution in [0.15, 0.2) is 0 Å². The molecule has 0 aromatic carbocycles. The van der Waals surface area contributed by atoms with Gasteiger partial charge in [-0.05, 0) is 32.6 Å². The van der Waals surface area contributed by atoms with E-state index in [0.29, 0.717) is 38.9 Å². The number of ether oxygens (including phenoxy) is 1. The third kappa shape index (κ3) is 1.62. The Morgan fingerprint density at radius 1 is 1.11 bits per heavy atom. The molecule has 0 bridgehead atoms. The molecule has 6 nitrogen and oxygen atoms in total. The largest absolute Gasteiger partial charge is 0.381 e. The molecular formula is C13H18N2O4. The molecule has 1 N–H and O–H groups in total. The van der Waals surface area contributed by atoms with Crippen LogP contribution in [0.2, 0.25) is 0 Å². The average molecular weight is 266 g/mol. The Kier molecular flexibility index (Phi) is 2.67. The van der Waals surface area contributed by atoms with Crippen LogP contribution in [0.3, 0.4) is 0 Å². The van der Waals surface area contributed by atoms with E-state index in [1.807, 2.05) is 6.92 Å². The third-order valence-corrected chi connectivity index (χ3v) is 4.79. The summed E-state index contributed by atoms with van der Waals surface area (Å²) in [4.78, 5) is 38.0. The molecule has 0 aromatic heterocycles. The molecule has 3 fully saturated rings. The molecule has 0 aromatic rings. The number of amides is 4. The van der Waals surface area contributed by atoms with Crippen LogP contribution in [-0.4, -0.2) is 41.5 Å². The number of carbonyl (C=O) groups is 3. The van der Waals surface area contributed by atoms with Gasteiger partial charge in [-0.15, -0.1) is 0 Å². The van der Waals surface area contributed by atoms with Crippen LogP contribution in [-0.2, 0) is 14.3 Å². The number of imide groups is 2. The van der Waals surface area contributed by atoms with Crippen molar-refractivity contribution < 1.29 is 19.1 Å². The highest BCUT2D eigenvalue weighted by atomic mass is 16.5. The van der Waals surface area contributed by atoms with Crippen molar-refractivity contribution in [2.24, 2.45) is 5.41 Å². The minimum Gasteiger partial charge on any atom is -0.381 e. The quantitative estimate of drug-likeness (QED) is 0.712. The van der Waals surface area contributed by atoms with E-state index in [1.165, 1.54) is 4.90 Å². The first-order valence-corrected chi connectivity index (χ1v) is 6.77.